The van der Waals surface area contributed by atoms with Gasteiger partial charge in [0.15, 0.2) is 11.6 Å². The van der Waals surface area contributed by atoms with Crippen LogP contribution in [0.25, 0.3) is 0 Å². The van der Waals surface area contributed by atoms with Crippen molar-refractivity contribution in [2.75, 3.05) is 13.6 Å². The fraction of sp³-hybridized carbons (Fsp3) is 0.231. The molecule has 1 saturated heterocycles. The lowest BCUT2D eigenvalue weighted by atomic mass is 9.78. The molecule has 146 valence electrons. The molecule has 1 aliphatic rings. The van der Waals surface area contributed by atoms with E-state index < -0.39 is 5.92 Å². The van der Waals surface area contributed by atoms with Gasteiger partial charge in [-0.15, -0.1) is 0 Å². The molecule has 0 saturated carbocycles. The zero-order valence-corrected chi connectivity index (χ0v) is 16.8. The third kappa shape index (κ3) is 3.79. The number of ketones is 2. The first-order valence-electron chi connectivity index (χ1n) is 10.0. The molecule has 3 aromatic carbocycles. The molecule has 3 atom stereocenters. The standard InChI is InChI=1S/C26H25NO2/c1-18-13-15-19(16-14-18)24-23(26(29)21-11-7-4-8-12-21)22(17-27(24)2)25(28)20-9-5-3-6-10-20/h3-16,22-24H,17H2,1-2H3/t22-,23-,24-/m1/s1. The van der Waals surface area contributed by atoms with E-state index >= 15 is 0 Å². The Morgan fingerprint density at radius 3 is 1.83 bits per heavy atom. The molecule has 0 spiro atoms. The lowest BCUT2D eigenvalue weighted by molar-refractivity contribution is 0.0785. The van der Waals surface area contributed by atoms with Gasteiger partial charge in [0.25, 0.3) is 0 Å². The van der Waals surface area contributed by atoms with Gasteiger partial charge in [-0.2, -0.15) is 0 Å². The highest BCUT2D eigenvalue weighted by Gasteiger charge is 2.48. The number of Topliss-reactive ketones (excluding diaryl/α,β-unsaturated/α-hetero) is 2. The van der Waals surface area contributed by atoms with Crippen LogP contribution in [0.15, 0.2) is 84.9 Å². The van der Waals surface area contributed by atoms with E-state index in [1.807, 2.05) is 67.7 Å². The third-order valence-electron chi connectivity index (χ3n) is 5.91. The lowest BCUT2D eigenvalue weighted by Crippen LogP contribution is -2.30. The lowest BCUT2D eigenvalue weighted by Gasteiger charge is -2.26. The maximum absolute atomic E-state index is 13.6. The predicted molar refractivity (Wildman–Crippen MR) is 115 cm³/mol. The molecule has 0 radical (unpaired) electrons. The zero-order chi connectivity index (χ0) is 20.4. The molecule has 3 nitrogen and oxygen atoms in total. The normalized spacial score (nSPS) is 21.8. The summed E-state index contributed by atoms with van der Waals surface area (Å²) in [6.45, 7) is 2.62. The van der Waals surface area contributed by atoms with Crippen molar-refractivity contribution in [1.29, 1.82) is 0 Å². The Morgan fingerprint density at radius 1 is 0.759 bits per heavy atom. The Bertz CT molecular complexity index is 996. The van der Waals surface area contributed by atoms with E-state index in [-0.39, 0.29) is 23.5 Å². The molecule has 4 rings (SSSR count). The second-order valence-electron chi connectivity index (χ2n) is 7.89. The summed E-state index contributed by atoms with van der Waals surface area (Å²) in [5, 5.41) is 0. The van der Waals surface area contributed by atoms with Crippen LogP contribution in [0.2, 0.25) is 0 Å². The quantitative estimate of drug-likeness (QED) is 0.583. The third-order valence-corrected chi connectivity index (χ3v) is 5.91. The molecule has 3 aromatic rings. The number of nitrogens with zero attached hydrogens (tertiary/aromatic N) is 1. The van der Waals surface area contributed by atoms with Crippen LogP contribution in [0, 0.1) is 18.8 Å². The Balaban J connectivity index is 1.77. The van der Waals surface area contributed by atoms with Crippen LogP contribution in [0.4, 0.5) is 0 Å². The summed E-state index contributed by atoms with van der Waals surface area (Å²) in [5.74, 6) is -0.713. The maximum Gasteiger partial charge on any atom is 0.168 e. The summed E-state index contributed by atoms with van der Waals surface area (Å²) in [6.07, 6.45) is 0. The van der Waals surface area contributed by atoms with Crippen molar-refractivity contribution in [3.05, 3.63) is 107 Å². The molecule has 3 heteroatoms. The summed E-state index contributed by atoms with van der Waals surface area (Å²) in [4.78, 5) is 29.2. The molecule has 1 fully saturated rings. The number of carbonyl (C=O) groups is 2. The van der Waals surface area contributed by atoms with Gasteiger partial charge in [-0.3, -0.25) is 14.5 Å². The van der Waals surface area contributed by atoms with E-state index in [0.717, 1.165) is 5.56 Å². The molecule has 1 heterocycles. The number of rotatable bonds is 5. The minimum Gasteiger partial charge on any atom is -0.298 e. The maximum atomic E-state index is 13.6. The molecule has 0 bridgehead atoms. The summed E-state index contributed by atoms with van der Waals surface area (Å²) >= 11 is 0. The van der Waals surface area contributed by atoms with Crippen LogP contribution in [0.3, 0.4) is 0 Å². The van der Waals surface area contributed by atoms with Gasteiger partial charge in [0, 0.05) is 29.6 Å². The van der Waals surface area contributed by atoms with E-state index in [4.69, 9.17) is 0 Å². The van der Waals surface area contributed by atoms with Crippen LogP contribution in [-0.2, 0) is 0 Å². The van der Waals surface area contributed by atoms with Crippen molar-refractivity contribution in [3.8, 4) is 0 Å². The van der Waals surface area contributed by atoms with E-state index in [0.29, 0.717) is 17.7 Å². The summed E-state index contributed by atoms with van der Waals surface area (Å²) in [5.41, 5.74) is 3.59. The molecule has 0 aromatic heterocycles. The highest BCUT2D eigenvalue weighted by molar-refractivity contribution is 6.05. The monoisotopic (exact) mass is 383 g/mol. The Labute approximate surface area is 172 Å². The summed E-state index contributed by atoms with van der Waals surface area (Å²) in [6, 6.07) is 26.8. The van der Waals surface area contributed by atoms with Crippen molar-refractivity contribution in [2.24, 2.45) is 11.8 Å². The SMILES string of the molecule is Cc1ccc([C@@H]2[C@H](C(=O)c3ccccc3)[C@H](C(=O)c3ccccc3)CN2C)cc1. The number of carbonyl (C=O) groups excluding carboxylic acids is 2. The minimum atomic E-state index is -0.419. The van der Waals surface area contributed by atoms with Crippen molar-refractivity contribution in [2.45, 2.75) is 13.0 Å². The Kier molecular flexibility index (Phi) is 5.41. The minimum absolute atomic E-state index is 0.0369. The van der Waals surface area contributed by atoms with E-state index in [9.17, 15) is 9.59 Å². The molecule has 0 aliphatic carbocycles. The average Bonchev–Trinajstić information content (AvgIpc) is 3.11. The highest BCUT2D eigenvalue weighted by atomic mass is 16.1. The van der Waals surface area contributed by atoms with Gasteiger partial charge in [0.2, 0.25) is 0 Å². The Morgan fingerprint density at radius 2 is 1.28 bits per heavy atom. The topological polar surface area (TPSA) is 37.4 Å². The van der Waals surface area contributed by atoms with Gasteiger partial charge >= 0.3 is 0 Å². The fourth-order valence-corrected chi connectivity index (χ4v) is 4.44. The van der Waals surface area contributed by atoms with Crippen molar-refractivity contribution in [1.82, 2.24) is 4.90 Å². The largest absolute Gasteiger partial charge is 0.298 e. The molecule has 0 unspecified atom stereocenters. The van der Waals surface area contributed by atoms with Crippen LogP contribution in [0.1, 0.15) is 37.9 Å². The molecule has 29 heavy (non-hydrogen) atoms. The summed E-state index contributed by atoms with van der Waals surface area (Å²) < 4.78 is 0. The molecular formula is C26H25NO2. The molecule has 1 aliphatic heterocycles. The van der Waals surface area contributed by atoms with Gasteiger partial charge in [0.05, 0.1) is 5.92 Å². The van der Waals surface area contributed by atoms with Gasteiger partial charge in [0.1, 0.15) is 0 Å². The fourth-order valence-electron chi connectivity index (χ4n) is 4.44. The second-order valence-corrected chi connectivity index (χ2v) is 7.89. The van der Waals surface area contributed by atoms with Crippen molar-refractivity contribution < 1.29 is 9.59 Å². The number of likely N-dealkylation sites (tertiary alicyclic amines) is 1. The van der Waals surface area contributed by atoms with Crippen LogP contribution < -0.4 is 0 Å². The summed E-state index contributed by atoms with van der Waals surface area (Å²) in [7, 11) is 2.01. The second kappa shape index (κ2) is 8.14. The number of hydrogen-bond acceptors (Lipinski definition) is 3. The first-order chi connectivity index (χ1) is 14.1. The number of hydrogen-bond donors (Lipinski definition) is 0. The van der Waals surface area contributed by atoms with Gasteiger partial charge < -0.3 is 0 Å². The highest BCUT2D eigenvalue weighted by Crippen LogP contribution is 2.43. The molecule has 0 amide bonds. The number of aryl methyl sites for hydroxylation is 1. The van der Waals surface area contributed by atoms with Crippen molar-refractivity contribution >= 4 is 11.6 Å². The van der Waals surface area contributed by atoms with E-state index in [1.165, 1.54) is 5.56 Å². The first kappa shape index (κ1) is 19.3. The predicted octanol–water partition coefficient (Wildman–Crippen LogP) is 4.98. The smallest absolute Gasteiger partial charge is 0.168 e. The molecule has 0 N–H and O–H groups in total. The van der Waals surface area contributed by atoms with Crippen molar-refractivity contribution in [3.63, 3.8) is 0 Å². The zero-order valence-electron chi connectivity index (χ0n) is 16.8. The van der Waals surface area contributed by atoms with Gasteiger partial charge in [-0.1, -0.05) is 90.5 Å². The average molecular weight is 383 g/mol. The first-order valence-corrected chi connectivity index (χ1v) is 10.0. The van der Waals surface area contributed by atoms with Crippen LogP contribution in [0.5, 0.6) is 0 Å². The molecular weight excluding hydrogens is 358 g/mol. The van der Waals surface area contributed by atoms with E-state index in [1.54, 1.807) is 0 Å². The van der Waals surface area contributed by atoms with Gasteiger partial charge in [-0.05, 0) is 19.5 Å². The Hall–Kier alpha value is -3.04. The van der Waals surface area contributed by atoms with Crippen LogP contribution >= 0.6 is 0 Å². The van der Waals surface area contributed by atoms with E-state index in [2.05, 4.69) is 36.1 Å². The number of benzene rings is 3. The van der Waals surface area contributed by atoms with Crippen LogP contribution in [-0.4, -0.2) is 30.1 Å². The van der Waals surface area contributed by atoms with Gasteiger partial charge in [-0.25, -0.2) is 0 Å².